The molecule has 6 heteroatoms. The Kier molecular flexibility index (Phi) is 6.33. The van der Waals surface area contributed by atoms with E-state index in [4.69, 9.17) is 4.74 Å². The zero-order valence-corrected chi connectivity index (χ0v) is 13.7. The van der Waals surface area contributed by atoms with Crippen LogP contribution in [0.1, 0.15) is 38.4 Å². The third kappa shape index (κ3) is 5.12. The Balaban J connectivity index is 2.03. The topological polar surface area (TPSA) is 41.9 Å². The van der Waals surface area contributed by atoms with Crippen molar-refractivity contribution in [3.63, 3.8) is 0 Å². The van der Waals surface area contributed by atoms with Gasteiger partial charge < -0.3 is 14.6 Å². The number of hydrogen-bond acceptors (Lipinski definition) is 4. The average molecular weight is 329 g/mol. The molecule has 0 saturated carbocycles. The Bertz CT molecular complexity index is 494. The summed E-state index contributed by atoms with van der Waals surface area (Å²) in [7, 11) is 0. The maximum atomic E-state index is 12.3. The summed E-state index contributed by atoms with van der Waals surface area (Å²) in [5, 5.41) is 10.5. The summed E-state index contributed by atoms with van der Waals surface area (Å²) >= 11 is 0. The number of ether oxygens (including phenoxy) is 2. The molecule has 0 spiro atoms. The molecule has 4 nitrogen and oxygen atoms in total. The second-order valence-electron chi connectivity index (χ2n) is 5.98. The van der Waals surface area contributed by atoms with Gasteiger partial charge >= 0.3 is 6.61 Å². The predicted molar refractivity (Wildman–Crippen MR) is 83.7 cm³/mol. The van der Waals surface area contributed by atoms with Gasteiger partial charge in [-0.25, -0.2) is 0 Å². The van der Waals surface area contributed by atoms with Gasteiger partial charge in [0.05, 0.1) is 18.3 Å². The van der Waals surface area contributed by atoms with Crippen molar-refractivity contribution in [1.82, 2.24) is 4.90 Å². The Labute approximate surface area is 136 Å². The summed E-state index contributed by atoms with van der Waals surface area (Å²) in [5.74, 6) is 0.136. The molecule has 0 aliphatic carbocycles. The van der Waals surface area contributed by atoms with Crippen molar-refractivity contribution in [3.05, 3.63) is 29.8 Å². The number of aliphatic hydroxyl groups is 1. The number of nitrogens with zero attached hydrogens (tertiary/aromatic N) is 1. The van der Waals surface area contributed by atoms with Crippen LogP contribution in [-0.4, -0.2) is 48.5 Å². The average Bonchev–Trinajstić information content (AvgIpc) is 2.54. The van der Waals surface area contributed by atoms with Gasteiger partial charge in [0.1, 0.15) is 5.75 Å². The second-order valence-corrected chi connectivity index (χ2v) is 5.98. The number of β-amino-alcohol motifs (C(OH)–C–C–N with tert-alkyl or cyclic N) is 1. The molecule has 1 heterocycles. The maximum Gasteiger partial charge on any atom is 0.387 e. The summed E-state index contributed by atoms with van der Waals surface area (Å²) in [6.07, 6.45) is 1.19. The van der Waals surface area contributed by atoms with E-state index in [2.05, 4.69) is 9.64 Å². The number of morpholine rings is 1. The van der Waals surface area contributed by atoms with Crippen LogP contribution in [0.3, 0.4) is 0 Å². The van der Waals surface area contributed by atoms with Crippen LogP contribution >= 0.6 is 0 Å². The molecular weight excluding hydrogens is 304 g/mol. The molecule has 1 N–H and O–H groups in total. The Morgan fingerprint density at radius 2 is 2.13 bits per heavy atom. The van der Waals surface area contributed by atoms with Crippen molar-refractivity contribution in [1.29, 1.82) is 0 Å². The molecule has 1 saturated heterocycles. The van der Waals surface area contributed by atoms with Gasteiger partial charge in [-0.2, -0.15) is 8.78 Å². The van der Waals surface area contributed by atoms with Crippen LogP contribution in [0.2, 0.25) is 0 Å². The first-order chi connectivity index (χ1) is 11.0. The first-order valence-electron chi connectivity index (χ1n) is 8.07. The number of halogens is 2. The van der Waals surface area contributed by atoms with Gasteiger partial charge in [0.25, 0.3) is 0 Å². The molecule has 0 amide bonds. The molecule has 1 aromatic carbocycles. The van der Waals surface area contributed by atoms with Gasteiger partial charge in [0.15, 0.2) is 0 Å². The van der Waals surface area contributed by atoms with Gasteiger partial charge in [0.2, 0.25) is 0 Å². The molecule has 0 radical (unpaired) electrons. The first-order valence-corrected chi connectivity index (χ1v) is 8.07. The Morgan fingerprint density at radius 3 is 2.78 bits per heavy atom. The molecular formula is C17H25F2NO3. The van der Waals surface area contributed by atoms with Crippen molar-refractivity contribution in [2.45, 2.75) is 45.0 Å². The highest BCUT2D eigenvalue weighted by Crippen LogP contribution is 2.27. The van der Waals surface area contributed by atoms with Crippen LogP contribution in [0, 0.1) is 0 Å². The Morgan fingerprint density at radius 1 is 1.39 bits per heavy atom. The normalized spacial score (nSPS) is 20.0. The third-order valence-electron chi connectivity index (χ3n) is 4.44. The van der Waals surface area contributed by atoms with Gasteiger partial charge in [-0.05, 0) is 30.5 Å². The molecule has 1 atom stereocenters. The highest BCUT2D eigenvalue weighted by Gasteiger charge is 2.29. The summed E-state index contributed by atoms with van der Waals surface area (Å²) < 4.78 is 34.9. The van der Waals surface area contributed by atoms with E-state index in [1.165, 1.54) is 6.07 Å². The van der Waals surface area contributed by atoms with Crippen LogP contribution in [0.15, 0.2) is 24.3 Å². The number of rotatable bonds is 7. The van der Waals surface area contributed by atoms with E-state index in [0.717, 1.165) is 12.1 Å². The minimum absolute atomic E-state index is 0.136. The standard InChI is InChI=1S/C17H25F2NO3/c1-3-17(21,4-2)12-20-8-9-22-15(11-20)13-6-5-7-14(10-13)23-16(18)19/h5-7,10,15-16,21H,3-4,8-9,11-12H2,1-2H3. The lowest BCUT2D eigenvalue weighted by Gasteiger charge is -2.38. The highest BCUT2D eigenvalue weighted by molar-refractivity contribution is 5.30. The van der Waals surface area contributed by atoms with Crippen LogP contribution < -0.4 is 4.74 Å². The molecule has 1 fully saturated rings. The van der Waals surface area contributed by atoms with Crippen molar-refractivity contribution in [2.24, 2.45) is 0 Å². The molecule has 23 heavy (non-hydrogen) atoms. The first kappa shape index (κ1) is 18.1. The summed E-state index contributed by atoms with van der Waals surface area (Å²) in [6, 6.07) is 6.62. The summed E-state index contributed by atoms with van der Waals surface area (Å²) in [6.45, 7) is 3.64. The van der Waals surface area contributed by atoms with Gasteiger partial charge in [0, 0.05) is 19.6 Å². The van der Waals surface area contributed by atoms with E-state index >= 15 is 0 Å². The molecule has 1 aliphatic heterocycles. The van der Waals surface area contributed by atoms with E-state index in [1.54, 1.807) is 12.1 Å². The molecule has 0 aromatic heterocycles. The van der Waals surface area contributed by atoms with Crippen LogP contribution in [0.4, 0.5) is 8.78 Å². The number of benzene rings is 1. The maximum absolute atomic E-state index is 12.3. The highest BCUT2D eigenvalue weighted by atomic mass is 19.3. The molecule has 0 bridgehead atoms. The molecule has 2 rings (SSSR count). The smallest absolute Gasteiger partial charge is 0.387 e. The fourth-order valence-corrected chi connectivity index (χ4v) is 2.83. The molecule has 1 unspecified atom stereocenters. The Hall–Kier alpha value is -1.24. The summed E-state index contributed by atoms with van der Waals surface area (Å²) in [4.78, 5) is 2.17. The zero-order chi connectivity index (χ0) is 16.9. The van der Waals surface area contributed by atoms with Crippen molar-refractivity contribution in [2.75, 3.05) is 26.2 Å². The largest absolute Gasteiger partial charge is 0.435 e. The molecule has 1 aromatic rings. The van der Waals surface area contributed by atoms with Gasteiger partial charge in [-0.1, -0.05) is 26.0 Å². The van der Waals surface area contributed by atoms with E-state index < -0.39 is 12.2 Å². The molecule has 130 valence electrons. The van der Waals surface area contributed by atoms with Crippen molar-refractivity contribution < 1.29 is 23.4 Å². The molecule has 1 aliphatic rings. The fraction of sp³-hybridized carbons (Fsp3) is 0.647. The minimum Gasteiger partial charge on any atom is -0.435 e. The zero-order valence-electron chi connectivity index (χ0n) is 13.7. The third-order valence-corrected chi connectivity index (χ3v) is 4.44. The predicted octanol–water partition coefficient (Wildman–Crippen LogP) is 3.21. The van der Waals surface area contributed by atoms with E-state index in [1.807, 2.05) is 19.9 Å². The lowest BCUT2D eigenvalue weighted by molar-refractivity contribution is -0.0688. The van der Waals surface area contributed by atoms with Crippen molar-refractivity contribution >= 4 is 0 Å². The number of alkyl halides is 2. The fourth-order valence-electron chi connectivity index (χ4n) is 2.83. The monoisotopic (exact) mass is 329 g/mol. The van der Waals surface area contributed by atoms with Crippen molar-refractivity contribution in [3.8, 4) is 5.75 Å². The van der Waals surface area contributed by atoms with E-state index in [9.17, 15) is 13.9 Å². The quantitative estimate of drug-likeness (QED) is 0.834. The van der Waals surface area contributed by atoms with Gasteiger partial charge in [-0.15, -0.1) is 0 Å². The van der Waals surface area contributed by atoms with Crippen LogP contribution in [-0.2, 0) is 4.74 Å². The minimum atomic E-state index is -2.84. The summed E-state index contributed by atoms with van der Waals surface area (Å²) in [5.41, 5.74) is 0.118. The van der Waals surface area contributed by atoms with Crippen LogP contribution in [0.5, 0.6) is 5.75 Å². The number of hydrogen-bond donors (Lipinski definition) is 1. The lowest BCUT2D eigenvalue weighted by Crippen LogP contribution is -2.47. The van der Waals surface area contributed by atoms with E-state index in [-0.39, 0.29) is 11.9 Å². The lowest BCUT2D eigenvalue weighted by atomic mass is 9.96. The van der Waals surface area contributed by atoms with Crippen LogP contribution in [0.25, 0.3) is 0 Å². The second kappa shape index (κ2) is 8.04. The SMILES string of the molecule is CCC(O)(CC)CN1CCOC(c2cccc(OC(F)F)c2)C1. The van der Waals surface area contributed by atoms with Gasteiger partial charge in [-0.3, -0.25) is 4.90 Å². The van der Waals surface area contributed by atoms with E-state index in [0.29, 0.717) is 32.5 Å².